The molecule has 3 rings (SSSR count). The van der Waals surface area contributed by atoms with Crippen LogP contribution in [0.25, 0.3) is 10.8 Å². The molecular weight excluding hydrogens is 326 g/mol. The van der Waals surface area contributed by atoms with Crippen molar-refractivity contribution >= 4 is 22.6 Å². The van der Waals surface area contributed by atoms with Crippen LogP contribution in [0.3, 0.4) is 0 Å². The Hall–Kier alpha value is -2.40. The fourth-order valence-electron chi connectivity index (χ4n) is 3.61. The molecule has 0 spiro atoms. The molecule has 2 amide bonds. The number of nitrogens with zero attached hydrogens (tertiary/aromatic N) is 2. The number of likely N-dealkylation sites (N-methyl/N-ethyl adjacent to an activating group) is 2. The number of rotatable bonds is 5. The highest BCUT2D eigenvalue weighted by Crippen LogP contribution is 2.24. The van der Waals surface area contributed by atoms with E-state index in [0.29, 0.717) is 19.6 Å². The van der Waals surface area contributed by atoms with Crippen molar-refractivity contribution in [2.45, 2.75) is 12.8 Å². The van der Waals surface area contributed by atoms with Crippen molar-refractivity contribution < 1.29 is 9.59 Å². The van der Waals surface area contributed by atoms with Gasteiger partial charge in [-0.05, 0) is 36.7 Å². The average Bonchev–Trinajstić information content (AvgIpc) is 2.70. The molecule has 5 nitrogen and oxygen atoms in total. The quantitative estimate of drug-likeness (QED) is 0.898. The van der Waals surface area contributed by atoms with Gasteiger partial charge in [-0.15, -0.1) is 0 Å². The van der Waals surface area contributed by atoms with Crippen LogP contribution < -0.4 is 5.32 Å². The summed E-state index contributed by atoms with van der Waals surface area (Å²) in [7, 11) is 3.74. The molecule has 1 aliphatic heterocycles. The van der Waals surface area contributed by atoms with Crippen molar-refractivity contribution in [3.05, 3.63) is 48.0 Å². The third kappa shape index (κ3) is 3.88. The van der Waals surface area contributed by atoms with E-state index in [1.165, 1.54) is 0 Å². The smallest absolute Gasteiger partial charge is 0.254 e. The summed E-state index contributed by atoms with van der Waals surface area (Å²) < 4.78 is 0. The van der Waals surface area contributed by atoms with Crippen LogP contribution >= 0.6 is 0 Å². The zero-order valence-electron chi connectivity index (χ0n) is 15.6. The molecule has 1 fully saturated rings. The Balaban J connectivity index is 1.64. The summed E-state index contributed by atoms with van der Waals surface area (Å²) >= 11 is 0. The number of nitrogens with one attached hydrogen (secondary N) is 1. The van der Waals surface area contributed by atoms with Crippen molar-refractivity contribution in [2.75, 3.05) is 40.3 Å². The zero-order valence-corrected chi connectivity index (χ0v) is 15.6. The largest absolute Gasteiger partial charge is 0.344 e. The molecule has 5 heteroatoms. The SMILES string of the molecule is CNCCN(C)C(=O)C1CCN(C(=O)c2cccc3ccccc23)CC1. The molecule has 2 aromatic carbocycles. The minimum absolute atomic E-state index is 0.0217. The average molecular weight is 353 g/mol. The van der Waals surface area contributed by atoms with Crippen molar-refractivity contribution in [3.63, 3.8) is 0 Å². The minimum atomic E-state index is 0.0217. The van der Waals surface area contributed by atoms with Gasteiger partial charge in [0.05, 0.1) is 0 Å². The minimum Gasteiger partial charge on any atom is -0.344 e. The van der Waals surface area contributed by atoms with Gasteiger partial charge in [0.2, 0.25) is 5.91 Å². The Morgan fingerprint density at radius 2 is 1.81 bits per heavy atom. The Morgan fingerprint density at radius 1 is 1.12 bits per heavy atom. The highest BCUT2D eigenvalue weighted by molar-refractivity contribution is 6.07. The number of carbonyl (C=O) groups is 2. The molecule has 0 atom stereocenters. The number of carbonyl (C=O) groups excluding carboxylic acids is 2. The molecule has 0 unspecified atom stereocenters. The van der Waals surface area contributed by atoms with Crippen LogP contribution in [-0.4, -0.2) is 61.9 Å². The van der Waals surface area contributed by atoms with Gasteiger partial charge in [0.15, 0.2) is 0 Å². The first-order valence-corrected chi connectivity index (χ1v) is 9.28. The molecule has 1 aliphatic rings. The van der Waals surface area contributed by atoms with Gasteiger partial charge in [-0.2, -0.15) is 0 Å². The lowest BCUT2D eigenvalue weighted by molar-refractivity contribution is -0.135. The van der Waals surface area contributed by atoms with Gasteiger partial charge < -0.3 is 15.1 Å². The third-order valence-electron chi connectivity index (χ3n) is 5.22. The summed E-state index contributed by atoms with van der Waals surface area (Å²) in [6, 6.07) is 13.8. The van der Waals surface area contributed by atoms with Crippen molar-refractivity contribution in [1.29, 1.82) is 0 Å². The van der Waals surface area contributed by atoms with Crippen molar-refractivity contribution in [3.8, 4) is 0 Å². The Morgan fingerprint density at radius 3 is 2.54 bits per heavy atom. The predicted molar refractivity (Wildman–Crippen MR) is 104 cm³/mol. The number of fused-ring (bicyclic) bond motifs is 1. The summed E-state index contributed by atoms with van der Waals surface area (Å²) in [4.78, 5) is 29.2. The second kappa shape index (κ2) is 8.32. The monoisotopic (exact) mass is 353 g/mol. The van der Waals surface area contributed by atoms with Gasteiger partial charge >= 0.3 is 0 Å². The van der Waals surface area contributed by atoms with Crippen LogP contribution in [0.2, 0.25) is 0 Å². The summed E-state index contributed by atoms with van der Waals surface area (Å²) in [6.07, 6.45) is 1.47. The molecule has 138 valence electrons. The van der Waals surface area contributed by atoms with E-state index < -0.39 is 0 Å². The normalized spacial score (nSPS) is 15.2. The molecule has 0 bridgehead atoms. The summed E-state index contributed by atoms with van der Waals surface area (Å²) in [6.45, 7) is 2.78. The first-order chi connectivity index (χ1) is 12.6. The number of piperidine rings is 1. The number of likely N-dealkylation sites (tertiary alicyclic amines) is 1. The van der Waals surface area contributed by atoms with E-state index in [-0.39, 0.29) is 17.7 Å². The van der Waals surface area contributed by atoms with Crippen LogP contribution in [0.15, 0.2) is 42.5 Å². The number of hydrogen-bond donors (Lipinski definition) is 1. The molecule has 2 aromatic rings. The van der Waals surface area contributed by atoms with Gasteiger partial charge in [-0.1, -0.05) is 36.4 Å². The Kier molecular flexibility index (Phi) is 5.89. The summed E-state index contributed by atoms with van der Waals surface area (Å²) in [5.41, 5.74) is 0.749. The van der Waals surface area contributed by atoms with E-state index in [1.807, 2.05) is 61.5 Å². The van der Waals surface area contributed by atoms with Gasteiger partial charge in [-0.3, -0.25) is 9.59 Å². The molecule has 0 saturated carbocycles. The maximum Gasteiger partial charge on any atom is 0.254 e. The first-order valence-electron chi connectivity index (χ1n) is 9.28. The molecule has 26 heavy (non-hydrogen) atoms. The topological polar surface area (TPSA) is 52.7 Å². The lowest BCUT2D eigenvalue weighted by Crippen LogP contribution is -2.44. The highest BCUT2D eigenvalue weighted by Gasteiger charge is 2.29. The van der Waals surface area contributed by atoms with Crippen LogP contribution in [0.1, 0.15) is 23.2 Å². The Labute approximate surface area is 155 Å². The Bertz CT molecular complexity index is 776. The van der Waals surface area contributed by atoms with E-state index in [0.717, 1.165) is 35.7 Å². The van der Waals surface area contributed by atoms with E-state index in [1.54, 1.807) is 4.90 Å². The fraction of sp³-hybridized carbons (Fsp3) is 0.429. The third-order valence-corrected chi connectivity index (χ3v) is 5.22. The molecule has 0 aromatic heterocycles. The highest BCUT2D eigenvalue weighted by atomic mass is 16.2. The van der Waals surface area contributed by atoms with E-state index >= 15 is 0 Å². The second-order valence-corrected chi connectivity index (χ2v) is 6.96. The van der Waals surface area contributed by atoms with Crippen LogP contribution in [0.4, 0.5) is 0 Å². The first kappa shape index (κ1) is 18.4. The molecule has 1 N–H and O–H groups in total. The van der Waals surface area contributed by atoms with Gasteiger partial charge in [0.1, 0.15) is 0 Å². The van der Waals surface area contributed by atoms with E-state index in [2.05, 4.69) is 5.32 Å². The molecule has 0 radical (unpaired) electrons. The number of hydrogen-bond acceptors (Lipinski definition) is 3. The predicted octanol–water partition coefficient (Wildman–Crippen LogP) is 2.37. The van der Waals surface area contributed by atoms with E-state index in [9.17, 15) is 9.59 Å². The summed E-state index contributed by atoms with van der Waals surface area (Å²) in [5.74, 6) is 0.280. The molecule has 1 saturated heterocycles. The van der Waals surface area contributed by atoms with Gasteiger partial charge in [-0.25, -0.2) is 0 Å². The lowest BCUT2D eigenvalue weighted by atomic mass is 9.94. The van der Waals surface area contributed by atoms with E-state index in [4.69, 9.17) is 0 Å². The van der Waals surface area contributed by atoms with Gasteiger partial charge in [0, 0.05) is 44.7 Å². The standard InChI is InChI=1S/C21H27N3O2/c1-22-12-15-23(2)20(25)17-10-13-24(14-11-17)21(26)19-9-5-7-16-6-3-4-8-18(16)19/h3-9,17,22H,10-15H2,1-2H3. The van der Waals surface area contributed by atoms with Crippen LogP contribution in [0.5, 0.6) is 0 Å². The van der Waals surface area contributed by atoms with Gasteiger partial charge in [0.25, 0.3) is 5.91 Å². The zero-order chi connectivity index (χ0) is 18.5. The van der Waals surface area contributed by atoms with Crippen LogP contribution in [-0.2, 0) is 4.79 Å². The fourth-order valence-corrected chi connectivity index (χ4v) is 3.61. The molecule has 1 heterocycles. The number of benzene rings is 2. The number of amides is 2. The molecule has 0 aliphatic carbocycles. The maximum atomic E-state index is 13.0. The van der Waals surface area contributed by atoms with Crippen LogP contribution in [0, 0.1) is 5.92 Å². The maximum absolute atomic E-state index is 13.0. The second-order valence-electron chi connectivity index (χ2n) is 6.96. The van der Waals surface area contributed by atoms with Crippen molar-refractivity contribution in [1.82, 2.24) is 15.1 Å². The lowest BCUT2D eigenvalue weighted by Gasteiger charge is -2.33. The van der Waals surface area contributed by atoms with Crippen molar-refractivity contribution in [2.24, 2.45) is 5.92 Å². The summed E-state index contributed by atoms with van der Waals surface area (Å²) in [5, 5.41) is 5.13. The molecular formula is C21H27N3O2.